The number of carbonyl (C=O) groups excluding carboxylic acids is 1. The minimum atomic E-state index is -0.468. The van der Waals surface area contributed by atoms with E-state index in [0.717, 1.165) is 25.9 Å². The number of nitrogens with two attached hydrogens (primary N) is 1. The van der Waals surface area contributed by atoms with E-state index in [1.807, 2.05) is 6.92 Å². The fourth-order valence-corrected chi connectivity index (χ4v) is 2.56. The van der Waals surface area contributed by atoms with E-state index in [2.05, 4.69) is 24.1 Å². The normalized spacial score (nSPS) is 20.0. The highest BCUT2D eigenvalue weighted by atomic mass is 19.1. The van der Waals surface area contributed by atoms with Crippen LogP contribution in [0, 0.1) is 11.2 Å². The molecular weight excluding hydrogens is 269 g/mol. The largest absolute Gasteiger partial charge is 0.399 e. The molecule has 0 spiro atoms. The van der Waals surface area contributed by atoms with Gasteiger partial charge in [0, 0.05) is 5.69 Å². The third kappa shape index (κ3) is 3.94. The minimum absolute atomic E-state index is 0.143. The van der Waals surface area contributed by atoms with Gasteiger partial charge in [-0.1, -0.05) is 13.8 Å². The Labute approximate surface area is 125 Å². The van der Waals surface area contributed by atoms with Crippen LogP contribution in [0.2, 0.25) is 0 Å². The number of hydrogen-bond donors (Lipinski definition) is 2. The number of carbonyl (C=O) groups is 1. The van der Waals surface area contributed by atoms with Crippen LogP contribution in [0.1, 0.15) is 33.6 Å². The number of nitrogen functional groups attached to an aromatic ring is 1. The summed E-state index contributed by atoms with van der Waals surface area (Å²) in [5, 5.41) is 2.63. The van der Waals surface area contributed by atoms with Crippen LogP contribution in [0.4, 0.5) is 15.8 Å². The highest BCUT2D eigenvalue weighted by Crippen LogP contribution is 2.30. The maximum absolute atomic E-state index is 13.7. The van der Waals surface area contributed by atoms with Gasteiger partial charge in [0.25, 0.3) is 0 Å². The first kappa shape index (κ1) is 15.8. The van der Waals surface area contributed by atoms with Gasteiger partial charge >= 0.3 is 0 Å². The molecule has 5 heteroatoms. The standard InChI is InChI=1S/C16H24FN3O/c1-11(20-8-6-16(2,3)7-9-20)15(21)19-14-10-12(18)4-5-13(14)17/h4-5,10-11H,6-9,18H2,1-3H3,(H,19,21). The molecule has 0 saturated carbocycles. The molecule has 1 aromatic carbocycles. The van der Waals surface area contributed by atoms with Crippen molar-refractivity contribution in [1.29, 1.82) is 0 Å². The van der Waals surface area contributed by atoms with E-state index in [0.29, 0.717) is 11.1 Å². The van der Waals surface area contributed by atoms with Crippen molar-refractivity contribution in [3.63, 3.8) is 0 Å². The van der Waals surface area contributed by atoms with Crippen LogP contribution in [0.25, 0.3) is 0 Å². The Hall–Kier alpha value is -1.62. The average molecular weight is 293 g/mol. The van der Waals surface area contributed by atoms with Gasteiger partial charge in [0.1, 0.15) is 5.82 Å². The lowest BCUT2D eigenvalue weighted by Crippen LogP contribution is -2.47. The van der Waals surface area contributed by atoms with Crippen LogP contribution < -0.4 is 11.1 Å². The van der Waals surface area contributed by atoms with Crippen molar-refractivity contribution >= 4 is 17.3 Å². The Balaban J connectivity index is 1.98. The average Bonchev–Trinajstić information content (AvgIpc) is 2.42. The number of hydrogen-bond acceptors (Lipinski definition) is 3. The van der Waals surface area contributed by atoms with E-state index in [1.54, 1.807) is 0 Å². The Morgan fingerprint density at radius 2 is 2.00 bits per heavy atom. The van der Waals surface area contributed by atoms with E-state index in [4.69, 9.17) is 5.73 Å². The molecule has 1 heterocycles. The lowest BCUT2D eigenvalue weighted by atomic mass is 9.82. The van der Waals surface area contributed by atoms with Crippen LogP contribution in [0.15, 0.2) is 18.2 Å². The molecule has 1 aromatic rings. The third-order valence-electron chi connectivity index (χ3n) is 4.33. The van der Waals surface area contributed by atoms with Crippen LogP contribution >= 0.6 is 0 Å². The van der Waals surface area contributed by atoms with Gasteiger partial charge in [-0.25, -0.2) is 4.39 Å². The SMILES string of the molecule is CC(C(=O)Nc1cc(N)ccc1F)N1CCC(C)(C)CC1. The van der Waals surface area contributed by atoms with Crippen molar-refractivity contribution < 1.29 is 9.18 Å². The molecule has 1 aliphatic rings. The third-order valence-corrected chi connectivity index (χ3v) is 4.33. The Kier molecular flexibility index (Phi) is 4.52. The maximum Gasteiger partial charge on any atom is 0.241 e. The van der Waals surface area contributed by atoms with E-state index < -0.39 is 5.82 Å². The molecule has 3 N–H and O–H groups in total. The molecule has 0 aromatic heterocycles. The summed E-state index contributed by atoms with van der Waals surface area (Å²) in [6.07, 6.45) is 2.13. The molecule has 1 atom stereocenters. The van der Waals surface area contributed by atoms with Crippen molar-refractivity contribution in [3.05, 3.63) is 24.0 Å². The smallest absolute Gasteiger partial charge is 0.241 e. The quantitative estimate of drug-likeness (QED) is 0.843. The van der Waals surface area contributed by atoms with E-state index >= 15 is 0 Å². The van der Waals surface area contributed by atoms with Gasteiger partial charge in [0.15, 0.2) is 0 Å². The topological polar surface area (TPSA) is 58.4 Å². The Morgan fingerprint density at radius 1 is 1.38 bits per heavy atom. The van der Waals surface area contributed by atoms with Gasteiger partial charge in [-0.3, -0.25) is 9.69 Å². The first-order valence-electron chi connectivity index (χ1n) is 7.38. The van der Waals surface area contributed by atoms with Crippen LogP contribution in [0.3, 0.4) is 0 Å². The van der Waals surface area contributed by atoms with E-state index in [1.165, 1.54) is 18.2 Å². The van der Waals surface area contributed by atoms with Crippen molar-refractivity contribution in [2.75, 3.05) is 24.1 Å². The highest BCUT2D eigenvalue weighted by molar-refractivity contribution is 5.95. The Bertz CT molecular complexity index is 520. The summed E-state index contributed by atoms with van der Waals surface area (Å²) >= 11 is 0. The first-order valence-corrected chi connectivity index (χ1v) is 7.38. The number of benzene rings is 1. The summed E-state index contributed by atoms with van der Waals surface area (Å²) in [7, 11) is 0. The van der Waals surface area contributed by atoms with Gasteiger partial charge in [-0.05, 0) is 56.5 Å². The van der Waals surface area contributed by atoms with Crippen molar-refractivity contribution in [2.45, 2.75) is 39.7 Å². The second-order valence-electron chi connectivity index (χ2n) is 6.60. The molecule has 1 fully saturated rings. The molecule has 1 amide bonds. The fourth-order valence-electron chi connectivity index (χ4n) is 2.56. The van der Waals surface area contributed by atoms with E-state index in [-0.39, 0.29) is 17.6 Å². The summed E-state index contributed by atoms with van der Waals surface area (Å²) in [6.45, 7) is 8.13. The van der Waals surface area contributed by atoms with Crippen LogP contribution in [-0.2, 0) is 4.79 Å². The number of nitrogens with one attached hydrogen (secondary N) is 1. The van der Waals surface area contributed by atoms with Gasteiger partial charge in [-0.15, -0.1) is 0 Å². The molecule has 116 valence electrons. The summed E-state index contributed by atoms with van der Waals surface area (Å²) in [6, 6.07) is 3.90. The number of likely N-dealkylation sites (tertiary alicyclic amines) is 1. The van der Waals surface area contributed by atoms with E-state index in [9.17, 15) is 9.18 Å². The van der Waals surface area contributed by atoms with Crippen molar-refractivity contribution in [2.24, 2.45) is 5.41 Å². The molecule has 0 radical (unpaired) electrons. The van der Waals surface area contributed by atoms with Gasteiger partial charge in [0.2, 0.25) is 5.91 Å². The van der Waals surface area contributed by atoms with Crippen molar-refractivity contribution in [3.8, 4) is 0 Å². The first-order chi connectivity index (χ1) is 9.78. The summed E-state index contributed by atoms with van der Waals surface area (Å²) in [4.78, 5) is 14.4. The Morgan fingerprint density at radius 3 is 2.62 bits per heavy atom. The molecule has 0 aliphatic carbocycles. The molecule has 4 nitrogen and oxygen atoms in total. The fraction of sp³-hybridized carbons (Fsp3) is 0.562. The monoisotopic (exact) mass is 293 g/mol. The molecule has 1 saturated heterocycles. The zero-order valence-corrected chi connectivity index (χ0v) is 12.9. The van der Waals surface area contributed by atoms with Crippen molar-refractivity contribution in [1.82, 2.24) is 4.90 Å². The highest BCUT2D eigenvalue weighted by Gasteiger charge is 2.30. The molecular formula is C16H24FN3O. The zero-order valence-electron chi connectivity index (χ0n) is 12.9. The molecule has 2 rings (SSSR count). The number of anilines is 2. The van der Waals surface area contributed by atoms with Gasteiger partial charge in [0.05, 0.1) is 11.7 Å². The molecule has 1 unspecified atom stereocenters. The maximum atomic E-state index is 13.7. The van der Waals surface area contributed by atoms with Crippen LogP contribution in [-0.4, -0.2) is 29.9 Å². The van der Waals surface area contributed by atoms with Gasteiger partial charge < -0.3 is 11.1 Å². The van der Waals surface area contributed by atoms with Crippen LogP contribution in [0.5, 0.6) is 0 Å². The number of piperidine rings is 1. The molecule has 0 bridgehead atoms. The number of amides is 1. The molecule has 1 aliphatic heterocycles. The van der Waals surface area contributed by atoms with Gasteiger partial charge in [-0.2, -0.15) is 0 Å². The number of nitrogens with zero attached hydrogens (tertiary/aromatic N) is 1. The second-order valence-corrected chi connectivity index (χ2v) is 6.60. The lowest BCUT2D eigenvalue weighted by molar-refractivity contribution is -0.121. The number of rotatable bonds is 3. The second kappa shape index (κ2) is 6.02. The zero-order chi connectivity index (χ0) is 15.6. The minimum Gasteiger partial charge on any atom is -0.399 e. The summed E-state index contributed by atoms with van der Waals surface area (Å²) in [5.41, 5.74) is 6.54. The molecule has 21 heavy (non-hydrogen) atoms. The number of halogens is 1. The summed E-state index contributed by atoms with van der Waals surface area (Å²) < 4.78 is 13.7. The lowest BCUT2D eigenvalue weighted by Gasteiger charge is -2.39. The predicted molar refractivity (Wildman–Crippen MR) is 83.5 cm³/mol. The predicted octanol–water partition coefficient (Wildman–Crippen LogP) is 2.86. The summed E-state index contributed by atoms with van der Waals surface area (Å²) in [5.74, 6) is -0.663.